The molecule has 4 aliphatic rings. The monoisotopic (exact) mass is 466 g/mol. The summed E-state index contributed by atoms with van der Waals surface area (Å²) in [5, 5.41) is 11.2. The van der Waals surface area contributed by atoms with E-state index in [9.17, 15) is 19.5 Å². The molecule has 2 saturated heterocycles. The number of fused-ring (bicyclic) bond motifs is 2. The molecular weight excluding hydrogens is 432 g/mol. The van der Waals surface area contributed by atoms with Crippen LogP contribution in [0.15, 0.2) is 11.6 Å². The van der Waals surface area contributed by atoms with Gasteiger partial charge in [0, 0.05) is 26.7 Å². The highest BCUT2D eigenvalue weighted by Crippen LogP contribution is 2.72. The average Bonchev–Trinajstić information content (AvgIpc) is 3.48. The maximum atomic E-state index is 12.5. The van der Waals surface area contributed by atoms with E-state index in [1.807, 2.05) is 33.8 Å². The quantitative estimate of drug-likeness (QED) is 0.270. The van der Waals surface area contributed by atoms with E-state index in [4.69, 9.17) is 23.7 Å². The first kappa shape index (κ1) is 24.2. The van der Waals surface area contributed by atoms with Crippen molar-refractivity contribution in [1.29, 1.82) is 0 Å². The van der Waals surface area contributed by atoms with Crippen LogP contribution in [0.3, 0.4) is 0 Å². The molecule has 2 aliphatic heterocycles. The zero-order valence-corrected chi connectivity index (χ0v) is 20.1. The number of rotatable bonds is 6. The summed E-state index contributed by atoms with van der Waals surface area (Å²) >= 11 is 0. The van der Waals surface area contributed by atoms with Gasteiger partial charge in [-0.2, -0.15) is 0 Å². The van der Waals surface area contributed by atoms with Crippen LogP contribution in [0.5, 0.6) is 0 Å². The number of carbonyl (C=O) groups is 3. The highest BCUT2D eigenvalue weighted by atomic mass is 16.7. The number of hydrogen-bond donors (Lipinski definition) is 1. The van der Waals surface area contributed by atoms with Gasteiger partial charge in [0.05, 0.1) is 23.5 Å². The maximum absolute atomic E-state index is 12.5. The van der Waals surface area contributed by atoms with E-state index >= 15 is 0 Å². The number of esters is 3. The molecule has 2 bridgehead atoms. The van der Waals surface area contributed by atoms with Gasteiger partial charge in [-0.05, 0) is 18.4 Å². The van der Waals surface area contributed by atoms with Crippen LogP contribution in [0.25, 0.3) is 0 Å². The highest BCUT2D eigenvalue weighted by molar-refractivity contribution is 5.70. The van der Waals surface area contributed by atoms with Gasteiger partial charge in [0.25, 0.3) is 0 Å². The Labute approximate surface area is 193 Å². The van der Waals surface area contributed by atoms with Crippen LogP contribution in [-0.4, -0.2) is 72.3 Å². The van der Waals surface area contributed by atoms with E-state index in [1.165, 1.54) is 13.8 Å². The summed E-state index contributed by atoms with van der Waals surface area (Å²) in [6.45, 7) is 10.5. The van der Waals surface area contributed by atoms with E-state index in [1.54, 1.807) is 0 Å². The lowest BCUT2D eigenvalue weighted by molar-refractivity contribution is -0.241. The Morgan fingerprint density at radius 3 is 2.42 bits per heavy atom. The molecule has 1 saturated carbocycles. The molecule has 184 valence electrons. The van der Waals surface area contributed by atoms with Crippen LogP contribution in [-0.2, 0) is 38.1 Å². The minimum Gasteiger partial charge on any atom is -0.465 e. The van der Waals surface area contributed by atoms with E-state index < -0.39 is 58.9 Å². The molecule has 1 spiro atoms. The van der Waals surface area contributed by atoms with Crippen molar-refractivity contribution in [2.45, 2.75) is 90.5 Å². The summed E-state index contributed by atoms with van der Waals surface area (Å²) in [6.07, 6.45) is -1.46. The molecule has 0 unspecified atom stereocenters. The van der Waals surface area contributed by atoms with Crippen molar-refractivity contribution < 1.29 is 43.2 Å². The van der Waals surface area contributed by atoms with Crippen LogP contribution in [0, 0.1) is 16.7 Å². The number of aliphatic hydroxyl groups is 1. The number of ether oxygens (including phenoxy) is 5. The van der Waals surface area contributed by atoms with Crippen molar-refractivity contribution in [2.24, 2.45) is 16.7 Å². The summed E-state index contributed by atoms with van der Waals surface area (Å²) in [7, 11) is 0. The van der Waals surface area contributed by atoms with Gasteiger partial charge in [0.2, 0.25) is 0 Å². The fraction of sp³-hybridized carbons (Fsp3) is 0.792. The van der Waals surface area contributed by atoms with Crippen molar-refractivity contribution in [3.05, 3.63) is 11.6 Å². The maximum Gasteiger partial charge on any atom is 0.306 e. The SMILES string of the molecule is CC(=O)OC[C@]12C[C@H](OC(=O)CC(C)C)C(C)=C[C@H]1O[C@@H]1[C@H](O)[C@@H](OC(C)=O)[C@@]2(C)[C@]12CO2. The third kappa shape index (κ3) is 3.51. The lowest BCUT2D eigenvalue weighted by atomic mass is 9.51. The summed E-state index contributed by atoms with van der Waals surface area (Å²) in [6, 6.07) is 0. The normalized spacial score (nSPS) is 43.0. The van der Waals surface area contributed by atoms with E-state index in [2.05, 4.69) is 0 Å². The summed E-state index contributed by atoms with van der Waals surface area (Å²) < 4.78 is 29.4. The minimum absolute atomic E-state index is 0.0617. The topological polar surface area (TPSA) is 121 Å². The van der Waals surface area contributed by atoms with Gasteiger partial charge in [0.1, 0.15) is 36.6 Å². The Balaban J connectivity index is 1.79. The Bertz CT molecular complexity index is 875. The molecule has 3 fully saturated rings. The molecule has 0 amide bonds. The van der Waals surface area contributed by atoms with Crippen LogP contribution >= 0.6 is 0 Å². The molecule has 9 nitrogen and oxygen atoms in total. The largest absolute Gasteiger partial charge is 0.465 e. The second kappa shape index (κ2) is 8.06. The van der Waals surface area contributed by atoms with Crippen LogP contribution in [0.4, 0.5) is 0 Å². The molecule has 33 heavy (non-hydrogen) atoms. The second-order valence-corrected chi connectivity index (χ2v) is 10.5. The van der Waals surface area contributed by atoms with Crippen molar-refractivity contribution in [3.63, 3.8) is 0 Å². The summed E-state index contributed by atoms with van der Waals surface area (Å²) in [5.74, 6) is -1.18. The van der Waals surface area contributed by atoms with Gasteiger partial charge < -0.3 is 28.8 Å². The van der Waals surface area contributed by atoms with E-state index in [-0.39, 0.29) is 31.3 Å². The molecule has 0 aromatic rings. The third-order valence-corrected chi connectivity index (χ3v) is 8.00. The third-order valence-electron chi connectivity index (χ3n) is 8.00. The molecule has 9 heteroatoms. The van der Waals surface area contributed by atoms with E-state index in [0.29, 0.717) is 6.61 Å². The Morgan fingerprint density at radius 2 is 1.88 bits per heavy atom. The lowest BCUT2D eigenvalue weighted by Gasteiger charge is -2.58. The first-order valence-corrected chi connectivity index (χ1v) is 11.5. The smallest absolute Gasteiger partial charge is 0.306 e. The number of aliphatic hydroxyl groups excluding tert-OH is 1. The van der Waals surface area contributed by atoms with Crippen LogP contribution in [0.1, 0.15) is 54.4 Å². The van der Waals surface area contributed by atoms with Gasteiger partial charge in [-0.3, -0.25) is 14.4 Å². The molecule has 4 rings (SSSR count). The number of hydrogen-bond acceptors (Lipinski definition) is 9. The fourth-order valence-corrected chi connectivity index (χ4v) is 6.26. The zero-order valence-electron chi connectivity index (χ0n) is 20.1. The Morgan fingerprint density at radius 1 is 1.21 bits per heavy atom. The molecule has 0 radical (unpaired) electrons. The molecule has 0 aromatic carbocycles. The Kier molecular flexibility index (Phi) is 5.90. The molecule has 0 aromatic heterocycles. The van der Waals surface area contributed by atoms with Gasteiger partial charge in [-0.25, -0.2) is 0 Å². The molecule has 8 atom stereocenters. The predicted octanol–water partition coefficient (Wildman–Crippen LogP) is 1.69. The fourth-order valence-electron chi connectivity index (χ4n) is 6.26. The molecule has 2 aliphatic carbocycles. The van der Waals surface area contributed by atoms with Crippen LogP contribution in [0.2, 0.25) is 0 Å². The number of carbonyl (C=O) groups excluding carboxylic acids is 3. The molecule has 2 heterocycles. The molecular formula is C24H34O9. The number of epoxide rings is 1. The second-order valence-electron chi connectivity index (χ2n) is 10.5. The van der Waals surface area contributed by atoms with Crippen molar-refractivity contribution >= 4 is 17.9 Å². The lowest BCUT2D eigenvalue weighted by Crippen LogP contribution is -2.68. The van der Waals surface area contributed by atoms with Crippen LogP contribution < -0.4 is 0 Å². The first-order valence-electron chi connectivity index (χ1n) is 11.5. The van der Waals surface area contributed by atoms with Gasteiger partial charge in [0.15, 0.2) is 0 Å². The minimum atomic E-state index is -1.11. The van der Waals surface area contributed by atoms with Crippen molar-refractivity contribution in [3.8, 4) is 0 Å². The van der Waals surface area contributed by atoms with Crippen molar-refractivity contribution in [2.75, 3.05) is 13.2 Å². The first-order chi connectivity index (χ1) is 15.4. The van der Waals surface area contributed by atoms with E-state index in [0.717, 1.165) is 5.57 Å². The molecule has 1 N–H and O–H groups in total. The van der Waals surface area contributed by atoms with Gasteiger partial charge in [-0.15, -0.1) is 0 Å². The zero-order chi connectivity index (χ0) is 24.3. The summed E-state index contributed by atoms with van der Waals surface area (Å²) in [4.78, 5) is 36.4. The van der Waals surface area contributed by atoms with Crippen molar-refractivity contribution in [1.82, 2.24) is 0 Å². The predicted molar refractivity (Wildman–Crippen MR) is 114 cm³/mol. The van der Waals surface area contributed by atoms with Gasteiger partial charge in [-0.1, -0.05) is 26.8 Å². The highest BCUT2D eigenvalue weighted by Gasteiger charge is 2.86. The Hall–Kier alpha value is -1.97. The average molecular weight is 467 g/mol. The van der Waals surface area contributed by atoms with Gasteiger partial charge >= 0.3 is 17.9 Å². The summed E-state index contributed by atoms with van der Waals surface area (Å²) in [5.41, 5.74) is -2.00. The standard InChI is InChI=1S/C24H34O9/c1-12(2)7-18(27)32-16-9-23(10-29-14(4)25)17(8-13(16)3)33-21-19(28)20(31-15(5)26)22(23,6)24(21)11-30-24/h8,12,16-17,19-21,28H,7,9-11H2,1-6H3/t16-,17+,19+,20+,21+,22+,23+,24-/m0/s1.